The van der Waals surface area contributed by atoms with Crippen molar-refractivity contribution >= 4 is 0 Å². The van der Waals surface area contributed by atoms with Crippen LogP contribution >= 0.6 is 0 Å². The first-order valence-electron chi connectivity index (χ1n) is 5.64. The Morgan fingerprint density at radius 1 is 1.18 bits per heavy atom. The van der Waals surface area contributed by atoms with Crippen LogP contribution in [0.25, 0.3) is 0 Å². The third-order valence-corrected chi connectivity index (χ3v) is 2.71. The van der Waals surface area contributed by atoms with E-state index in [0.717, 1.165) is 5.75 Å². The van der Waals surface area contributed by atoms with Crippen molar-refractivity contribution in [2.45, 2.75) is 19.3 Å². The zero-order chi connectivity index (χ0) is 12.7. The summed E-state index contributed by atoms with van der Waals surface area (Å²) in [6.45, 7) is 2.74. The summed E-state index contributed by atoms with van der Waals surface area (Å²) in [6.07, 6.45) is -0.219. The van der Waals surface area contributed by atoms with Crippen LogP contribution in [0.15, 0.2) is 24.3 Å². The molecule has 0 aliphatic heterocycles. The highest BCUT2D eigenvalue weighted by atomic mass is 16.7. The predicted octanol–water partition coefficient (Wildman–Crippen LogP) is 1.96. The molecule has 0 fully saturated rings. The molecule has 0 spiro atoms. The summed E-state index contributed by atoms with van der Waals surface area (Å²) in [6, 6.07) is 8.22. The maximum Gasteiger partial charge on any atom is 0.169 e. The first-order chi connectivity index (χ1) is 8.21. The summed E-state index contributed by atoms with van der Waals surface area (Å²) in [5.41, 5.74) is 1.18. The van der Waals surface area contributed by atoms with E-state index in [4.69, 9.17) is 14.2 Å². The molecule has 0 unspecified atom stereocenters. The highest BCUT2D eigenvalue weighted by Gasteiger charge is 2.09. The van der Waals surface area contributed by atoms with Gasteiger partial charge in [-0.3, -0.25) is 0 Å². The van der Waals surface area contributed by atoms with Gasteiger partial charge in [-0.15, -0.1) is 0 Å². The number of rotatable bonds is 7. The standard InChI is InChI=1S/C13H21NO3/c1-10(14-9-13(16-3)17-4)11-6-5-7-12(8-11)15-2/h5-8,10,13-14H,9H2,1-4H3/t10-/m0/s1. The number of methoxy groups -OCH3 is 3. The number of benzene rings is 1. The molecule has 0 aliphatic rings. The fourth-order valence-corrected chi connectivity index (χ4v) is 1.56. The minimum absolute atomic E-state index is 0.219. The average molecular weight is 239 g/mol. The number of hydrogen-bond donors (Lipinski definition) is 1. The molecule has 4 heteroatoms. The summed E-state index contributed by atoms with van der Waals surface area (Å²) in [5, 5.41) is 3.35. The van der Waals surface area contributed by atoms with Gasteiger partial charge in [-0.05, 0) is 24.6 Å². The third kappa shape index (κ3) is 4.34. The zero-order valence-corrected chi connectivity index (χ0v) is 10.9. The van der Waals surface area contributed by atoms with Crippen molar-refractivity contribution in [3.05, 3.63) is 29.8 Å². The van der Waals surface area contributed by atoms with Crippen LogP contribution in [0.2, 0.25) is 0 Å². The van der Waals surface area contributed by atoms with E-state index in [1.165, 1.54) is 5.56 Å². The molecule has 96 valence electrons. The highest BCUT2D eigenvalue weighted by molar-refractivity contribution is 5.30. The fourth-order valence-electron chi connectivity index (χ4n) is 1.56. The van der Waals surface area contributed by atoms with E-state index in [1.807, 2.05) is 18.2 Å². The first-order valence-corrected chi connectivity index (χ1v) is 5.64. The Hall–Kier alpha value is -1.10. The molecule has 4 nitrogen and oxygen atoms in total. The number of hydrogen-bond acceptors (Lipinski definition) is 4. The molecule has 0 aliphatic carbocycles. The van der Waals surface area contributed by atoms with Gasteiger partial charge >= 0.3 is 0 Å². The van der Waals surface area contributed by atoms with E-state index in [-0.39, 0.29) is 12.3 Å². The molecule has 1 aromatic rings. The lowest BCUT2D eigenvalue weighted by atomic mass is 10.1. The summed E-state index contributed by atoms with van der Waals surface area (Å²) in [5.74, 6) is 0.867. The van der Waals surface area contributed by atoms with Crippen LogP contribution in [-0.4, -0.2) is 34.2 Å². The highest BCUT2D eigenvalue weighted by Crippen LogP contribution is 2.18. The van der Waals surface area contributed by atoms with E-state index in [0.29, 0.717) is 6.54 Å². The van der Waals surface area contributed by atoms with Gasteiger partial charge in [0.25, 0.3) is 0 Å². The summed E-state index contributed by atoms with van der Waals surface area (Å²) in [4.78, 5) is 0. The molecule has 0 amide bonds. The largest absolute Gasteiger partial charge is 0.497 e. The minimum atomic E-state index is -0.219. The molecule has 0 heterocycles. The second-order valence-electron chi connectivity index (χ2n) is 3.81. The smallest absolute Gasteiger partial charge is 0.169 e. The Balaban J connectivity index is 2.53. The van der Waals surface area contributed by atoms with Crippen LogP contribution in [-0.2, 0) is 9.47 Å². The monoisotopic (exact) mass is 239 g/mol. The Kier molecular flexibility index (Phi) is 5.97. The van der Waals surface area contributed by atoms with Gasteiger partial charge in [-0.2, -0.15) is 0 Å². The molecule has 0 saturated carbocycles. The van der Waals surface area contributed by atoms with Gasteiger partial charge in [-0.25, -0.2) is 0 Å². The topological polar surface area (TPSA) is 39.7 Å². The molecular formula is C13H21NO3. The molecule has 17 heavy (non-hydrogen) atoms. The molecule has 1 aromatic carbocycles. The molecule has 0 radical (unpaired) electrons. The van der Waals surface area contributed by atoms with Gasteiger partial charge in [-0.1, -0.05) is 12.1 Å². The Morgan fingerprint density at radius 3 is 2.47 bits per heavy atom. The molecular weight excluding hydrogens is 218 g/mol. The average Bonchev–Trinajstić information content (AvgIpc) is 2.39. The SMILES string of the molecule is COc1cccc([C@H](C)NCC(OC)OC)c1. The van der Waals surface area contributed by atoms with Crippen LogP contribution < -0.4 is 10.1 Å². The minimum Gasteiger partial charge on any atom is -0.497 e. The Bertz CT molecular complexity index is 326. The second-order valence-corrected chi connectivity index (χ2v) is 3.81. The van der Waals surface area contributed by atoms with Gasteiger partial charge in [0, 0.05) is 26.8 Å². The lowest BCUT2D eigenvalue weighted by Crippen LogP contribution is -2.31. The second kappa shape index (κ2) is 7.27. The normalized spacial score (nSPS) is 12.8. The Labute approximate surface area is 103 Å². The maximum absolute atomic E-state index is 5.20. The number of nitrogens with one attached hydrogen (secondary N) is 1. The summed E-state index contributed by atoms with van der Waals surface area (Å²) >= 11 is 0. The molecule has 1 rings (SSSR count). The van der Waals surface area contributed by atoms with Crippen LogP contribution in [0, 0.1) is 0 Å². The Morgan fingerprint density at radius 2 is 1.88 bits per heavy atom. The molecule has 1 atom stereocenters. The quantitative estimate of drug-likeness (QED) is 0.738. The fraction of sp³-hybridized carbons (Fsp3) is 0.538. The van der Waals surface area contributed by atoms with Gasteiger partial charge < -0.3 is 19.5 Å². The first kappa shape index (κ1) is 14.0. The predicted molar refractivity (Wildman–Crippen MR) is 67.2 cm³/mol. The lowest BCUT2D eigenvalue weighted by molar-refractivity contribution is -0.0997. The number of ether oxygens (including phenoxy) is 3. The molecule has 0 bridgehead atoms. The summed E-state index contributed by atoms with van der Waals surface area (Å²) in [7, 11) is 4.93. The molecule has 1 N–H and O–H groups in total. The van der Waals surface area contributed by atoms with Crippen LogP contribution in [0.1, 0.15) is 18.5 Å². The van der Waals surface area contributed by atoms with Crippen LogP contribution in [0.5, 0.6) is 5.75 Å². The van der Waals surface area contributed by atoms with Crippen molar-refractivity contribution in [1.29, 1.82) is 0 Å². The van der Waals surface area contributed by atoms with Gasteiger partial charge in [0.1, 0.15) is 5.75 Å². The van der Waals surface area contributed by atoms with E-state index in [1.54, 1.807) is 21.3 Å². The van der Waals surface area contributed by atoms with Crippen molar-refractivity contribution in [3.8, 4) is 5.75 Å². The van der Waals surface area contributed by atoms with E-state index in [2.05, 4.69) is 18.3 Å². The van der Waals surface area contributed by atoms with Crippen LogP contribution in [0.3, 0.4) is 0 Å². The van der Waals surface area contributed by atoms with E-state index < -0.39 is 0 Å². The summed E-state index contributed by atoms with van der Waals surface area (Å²) < 4.78 is 15.4. The van der Waals surface area contributed by atoms with Crippen molar-refractivity contribution < 1.29 is 14.2 Å². The van der Waals surface area contributed by atoms with Gasteiger partial charge in [0.05, 0.1) is 7.11 Å². The maximum atomic E-state index is 5.20. The van der Waals surface area contributed by atoms with Crippen molar-refractivity contribution in [3.63, 3.8) is 0 Å². The third-order valence-electron chi connectivity index (χ3n) is 2.71. The van der Waals surface area contributed by atoms with E-state index in [9.17, 15) is 0 Å². The van der Waals surface area contributed by atoms with Crippen LogP contribution in [0.4, 0.5) is 0 Å². The van der Waals surface area contributed by atoms with Crippen molar-refractivity contribution in [2.24, 2.45) is 0 Å². The van der Waals surface area contributed by atoms with Crippen molar-refractivity contribution in [1.82, 2.24) is 5.32 Å². The molecule has 0 saturated heterocycles. The molecule has 0 aromatic heterocycles. The lowest BCUT2D eigenvalue weighted by Gasteiger charge is -2.19. The van der Waals surface area contributed by atoms with Gasteiger partial charge in [0.15, 0.2) is 6.29 Å². The van der Waals surface area contributed by atoms with Crippen molar-refractivity contribution in [2.75, 3.05) is 27.9 Å². The van der Waals surface area contributed by atoms with E-state index >= 15 is 0 Å². The van der Waals surface area contributed by atoms with Gasteiger partial charge in [0.2, 0.25) is 0 Å². The zero-order valence-electron chi connectivity index (χ0n) is 10.9.